The summed E-state index contributed by atoms with van der Waals surface area (Å²) in [6, 6.07) is 0. The van der Waals surface area contributed by atoms with Gasteiger partial charge in [0.1, 0.15) is 0 Å². The van der Waals surface area contributed by atoms with Gasteiger partial charge in [0.2, 0.25) is 0 Å². The molecular weight excluding hydrogens is 492 g/mol. The van der Waals surface area contributed by atoms with E-state index >= 15 is 0 Å². The molecule has 1 aliphatic rings. The average molecular weight is 514 g/mol. The molecule has 1 N–H and O–H groups in total. The van der Waals surface area contributed by atoms with Crippen LogP contribution in [0, 0.1) is 17.3 Å². The van der Waals surface area contributed by atoms with Gasteiger partial charge in [0, 0.05) is 11.8 Å². The number of halogens is 12. The van der Waals surface area contributed by atoms with Crippen molar-refractivity contribution in [2.45, 2.75) is 88.8 Å². The maximum absolute atomic E-state index is 13.8. The highest BCUT2D eigenvalue weighted by Gasteiger charge is 2.79. The second-order valence-electron chi connectivity index (χ2n) is 8.67. The first-order chi connectivity index (χ1) is 14.4. The standard InChI is InChI=1S/C18H22F12O3/c1-4-12(2,3)11(31)33-14(17(25,26)27,18(28,29)30)10-7-5-9(6-8-10)13(32,15(19,20)21)16(22,23)24/h9-10,32H,4-8H2,1-3H3. The van der Waals surface area contributed by atoms with Gasteiger partial charge in [0.25, 0.3) is 5.60 Å². The molecule has 0 unspecified atom stereocenters. The van der Waals surface area contributed by atoms with E-state index in [0.717, 1.165) is 13.8 Å². The topological polar surface area (TPSA) is 46.5 Å². The molecule has 33 heavy (non-hydrogen) atoms. The van der Waals surface area contributed by atoms with Gasteiger partial charge in [0.05, 0.1) is 5.41 Å². The van der Waals surface area contributed by atoms with Crippen molar-refractivity contribution in [1.82, 2.24) is 0 Å². The Bertz CT molecular complexity index is 666. The number of hydrogen-bond donors (Lipinski definition) is 1. The highest BCUT2D eigenvalue weighted by Crippen LogP contribution is 2.58. The van der Waals surface area contributed by atoms with Gasteiger partial charge in [-0.1, -0.05) is 6.92 Å². The van der Waals surface area contributed by atoms with Crippen LogP contribution in [0.4, 0.5) is 52.7 Å². The van der Waals surface area contributed by atoms with Crippen LogP contribution in [0.3, 0.4) is 0 Å². The van der Waals surface area contributed by atoms with E-state index in [1.807, 2.05) is 0 Å². The lowest BCUT2D eigenvalue weighted by Gasteiger charge is -2.47. The van der Waals surface area contributed by atoms with Crippen LogP contribution >= 0.6 is 0 Å². The summed E-state index contributed by atoms with van der Waals surface area (Å²) < 4.78 is 165. The Balaban J connectivity index is 3.46. The van der Waals surface area contributed by atoms with E-state index in [1.54, 1.807) is 0 Å². The van der Waals surface area contributed by atoms with Crippen LogP contribution in [-0.2, 0) is 9.53 Å². The predicted molar refractivity (Wildman–Crippen MR) is 87.5 cm³/mol. The van der Waals surface area contributed by atoms with Gasteiger partial charge in [-0.15, -0.1) is 0 Å². The fourth-order valence-electron chi connectivity index (χ4n) is 3.79. The zero-order valence-corrected chi connectivity index (χ0v) is 17.5. The second kappa shape index (κ2) is 8.67. The molecule has 1 aliphatic carbocycles. The van der Waals surface area contributed by atoms with Crippen molar-refractivity contribution in [3.63, 3.8) is 0 Å². The van der Waals surface area contributed by atoms with Gasteiger partial charge in [-0.25, -0.2) is 0 Å². The summed E-state index contributed by atoms with van der Waals surface area (Å²) in [5.41, 5.74) is -12.3. The van der Waals surface area contributed by atoms with E-state index in [4.69, 9.17) is 0 Å². The van der Waals surface area contributed by atoms with Crippen molar-refractivity contribution in [1.29, 1.82) is 0 Å². The van der Waals surface area contributed by atoms with Crippen molar-refractivity contribution in [3.05, 3.63) is 0 Å². The third kappa shape index (κ3) is 5.02. The number of carbonyl (C=O) groups is 1. The first-order valence-corrected chi connectivity index (χ1v) is 9.62. The smallest absolute Gasteiger partial charge is 0.437 e. The third-order valence-electron chi connectivity index (χ3n) is 6.29. The van der Waals surface area contributed by atoms with E-state index in [1.165, 1.54) is 6.92 Å². The SMILES string of the molecule is CCC(C)(C)C(=O)OC(C1CCC(C(O)(C(F)(F)F)C(F)(F)F)CC1)(C(F)(F)F)C(F)(F)F. The van der Waals surface area contributed by atoms with Crippen molar-refractivity contribution in [2.24, 2.45) is 17.3 Å². The Morgan fingerprint density at radius 3 is 1.33 bits per heavy atom. The summed E-state index contributed by atoms with van der Waals surface area (Å²) in [5.74, 6) is -7.37. The van der Waals surface area contributed by atoms with Gasteiger partial charge >= 0.3 is 36.3 Å². The number of rotatable bonds is 5. The number of aliphatic hydroxyl groups is 1. The molecule has 0 aromatic rings. The second-order valence-corrected chi connectivity index (χ2v) is 8.67. The fraction of sp³-hybridized carbons (Fsp3) is 0.944. The molecule has 15 heteroatoms. The lowest BCUT2D eigenvalue weighted by atomic mass is 9.67. The summed E-state index contributed by atoms with van der Waals surface area (Å²) in [7, 11) is 0. The molecule has 1 rings (SSSR count). The first-order valence-electron chi connectivity index (χ1n) is 9.62. The van der Waals surface area contributed by atoms with E-state index in [0.29, 0.717) is 0 Å². The maximum atomic E-state index is 13.8. The molecule has 1 fully saturated rings. The van der Waals surface area contributed by atoms with E-state index in [9.17, 15) is 62.6 Å². The summed E-state index contributed by atoms with van der Waals surface area (Å²) >= 11 is 0. The molecule has 0 atom stereocenters. The summed E-state index contributed by atoms with van der Waals surface area (Å²) in [4.78, 5) is 12.2. The zero-order chi connectivity index (χ0) is 26.5. The highest BCUT2D eigenvalue weighted by atomic mass is 19.4. The molecule has 0 aromatic carbocycles. The van der Waals surface area contributed by atoms with Crippen LogP contribution in [-0.4, -0.2) is 47.0 Å². The molecule has 1 saturated carbocycles. The molecule has 0 bridgehead atoms. The van der Waals surface area contributed by atoms with Gasteiger partial charge in [-0.2, -0.15) is 52.7 Å². The molecular formula is C18H22F12O3. The molecule has 196 valence electrons. The monoisotopic (exact) mass is 514 g/mol. The first kappa shape index (κ1) is 29.6. The van der Waals surface area contributed by atoms with Crippen LogP contribution < -0.4 is 0 Å². The van der Waals surface area contributed by atoms with Crippen molar-refractivity contribution in [3.8, 4) is 0 Å². The Morgan fingerprint density at radius 2 is 1.06 bits per heavy atom. The Labute approximate surface area is 180 Å². The lowest BCUT2D eigenvalue weighted by molar-refractivity contribution is -0.400. The van der Waals surface area contributed by atoms with Crippen molar-refractivity contribution >= 4 is 5.97 Å². The van der Waals surface area contributed by atoms with Crippen molar-refractivity contribution < 1.29 is 67.3 Å². The maximum Gasteiger partial charge on any atom is 0.437 e. The molecule has 0 radical (unpaired) electrons. The van der Waals surface area contributed by atoms with E-state index in [2.05, 4.69) is 4.74 Å². The number of alkyl halides is 12. The molecule has 0 heterocycles. The minimum absolute atomic E-state index is 0.228. The van der Waals surface area contributed by atoms with Crippen molar-refractivity contribution in [2.75, 3.05) is 0 Å². The van der Waals surface area contributed by atoms with Crippen LogP contribution in [0.5, 0.6) is 0 Å². The summed E-state index contributed by atoms with van der Waals surface area (Å²) in [5, 5.41) is 9.42. The summed E-state index contributed by atoms with van der Waals surface area (Å²) in [6.45, 7) is 3.30. The highest BCUT2D eigenvalue weighted by molar-refractivity contribution is 5.76. The van der Waals surface area contributed by atoms with Gasteiger partial charge < -0.3 is 9.84 Å². The molecule has 0 spiro atoms. The molecule has 0 aliphatic heterocycles. The van der Waals surface area contributed by atoms with E-state index in [-0.39, 0.29) is 6.42 Å². The number of esters is 1. The summed E-state index contributed by atoms with van der Waals surface area (Å²) in [6.07, 6.45) is -31.3. The van der Waals surface area contributed by atoms with E-state index < -0.39 is 84.8 Å². The Hall–Kier alpha value is -1.41. The number of ether oxygens (including phenoxy) is 1. The third-order valence-corrected chi connectivity index (χ3v) is 6.29. The molecule has 0 aromatic heterocycles. The van der Waals surface area contributed by atoms with Crippen LogP contribution in [0.25, 0.3) is 0 Å². The number of hydrogen-bond acceptors (Lipinski definition) is 3. The van der Waals surface area contributed by atoms with Gasteiger partial charge in [0.15, 0.2) is 0 Å². The molecule has 3 nitrogen and oxygen atoms in total. The zero-order valence-electron chi connectivity index (χ0n) is 17.5. The minimum atomic E-state index is -6.29. The van der Waals surface area contributed by atoms with Crippen LogP contribution in [0.1, 0.15) is 52.9 Å². The predicted octanol–water partition coefficient (Wildman–Crippen LogP) is 6.49. The largest absolute Gasteiger partial charge is 0.439 e. The fourth-order valence-corrected chi connectivity index (χ4v) is 3.79. The average Bonchev–Trinajstić information content (AvgIpc) is 2.61. The molecule has 0 saturated heterocycles. The minimum Gasteiger partial charge on any atom is -0.439 e. The van der Waals surface area contributed by atoms with Crippen LogP contribution in [0.15, 0.2) is 0 Å². The quantitative estimate of drug-likeness (QED) is 0.337. The Kier molecular flexibility index (Phi) is 7.78. The van der Waals surface area contributed by atoms with Gasteiger partial charge in [-0.3, -0.25) is 4.79 Å². The normalized spacial score (nSPS) is 22.3. The Morgan fingerprint density at radius 1 is 0.727 bits per heavy atom. The van der Waals surface area contributed by atoms with Gasteiger partial charge in [-0.05, 0) is 46.0 Å². The van der Waals surface area contributed by atoms with Crippen LogP contribution in [0.2, 0.25) is 0 Å². The lowest BCUT2D eigenvalue weighted by Crippen LogP contribution is -2.66. The molecule has 0 amide bonds. The number of carbonyl (C=O) groups excluding carboxylic acids is 1.